The van der Waals surface area contributed by atoms with Gasteiger partial charge in [-0.15, -0.1) is 0 Å². The maximum Gasteiger partial charge on any atom is 0.317 e. The normalized spacial score (nSPS) is 17.8. The van der Waals surface area contributed by atoms with Crippen molar-refractivity contribution in [2.45, 2.75) is 19.4 Å². The fourth-order valence-corrected chi connectivity index (χ4v) is 2.06. The molecule has 0 aromatic heterocycles. The molecule has 0 aromatic rings. The standard InChI is InChI=1S/C10H18N2O3S/c1-7(3-4-16-2)11-10(15)12-5-8(6-12)9(13)14/h7-8H,3-6H2,1-2H3,(H,11,15)(H,13,14). The average molecular weight is 246 g/mol. The van der Waals surface area contributed by atoms with E-state index in [4.69, 9.17) is 5.11 Å². The van der Waals surface area contributed by atoms with Crippen LogP contribution in [0.2, 0.25) is 0 Å². The second-order valence-corrected chi connectivity index (χ2v) is 5.06. The van der Waals surface area contributed by atoms with Crippen LogP contribution >= 0.6 is 11.8 Å². The molecule has 92 valence electrons. The summed E-state index contributed by atoms with van der Waals surface area (Å²) in [5.41, 5.74) is 0. The molecule has 6 heteroatoms. The Bertz CT molecular complexity index is 267. The van der Waals surface area contributed by atoms with Crippen LogP contribution in [0, 0.1) is 5.92 Å². The number of rotatable bonds is 5. The van der Waals surface area contributed by atoms with Gasteiger partial charge in [0.2, 0.25) is 0 Å². The first kappa shape index (κ1) is 13.2. The van der Waals surface area contributed by atoms with Crippen LogP contribution < -0.4 is 5.32 Å². The summed E-state index contributed by atoms with van der Waals surface area (Å²) in [7, 11) is 0. The van der Waals surface area contributed by atoms with Gasteiger partial charge in [-0.1, -0.05) is 0 Å². The van der Waals surface area contributed by atoms with E-state index < -0.39 is 5.97 Å². The number of carbonyl (C=O) groups is 2. The highest BCUT2D eigenvalue weighted by atomic mass is 32.2. The first-order valence-corrected chi connectivity index (χ1v) is 6.71. The molecule has 0 radical (unpaired) electrons. The number of amides is 2. The van der Waals surface area contributed by atoms with E-state index in [1.165, 1.54) is 4.90 Å². The Balaban J connectivity index is 2.19. The van der Waals surface area contributed by atoms with Crippen LogP contribution in [0.3, 0.4) is 0 Å². The molecule has 1 heterocycles. The fourth-order valence-electron chi connectivity index (χ4n) is 1.47. The predicted molar refractivity (Wildman–Crippen MR) is 63.7 cm³/mol. The third-order valence-corrected chi connectivity index (χ3v) is 3.29. The van der Waals surface area contributed by atoms with Gasteiger partial charge in [-0.25, -0.2) is 4.79 Å². The van der Waals surface area contributed by atoms with Crippen LogP contribution in [0.15, 0.2) is 0 Å². The van der Waals surface area contributed by atoms with Crippen LogP contribution in [0.5, 0.6) is 0 Å². The topological polar surface area (TPSA) is 69.6 Å². The zero-order chi connectivity index (χ0) is 12.1. The molecule has 1 rings (SSSR count). The van der Waals surface area contributed by atoms with Crippen LogP contribution in [0.4, 0.5) is 4.79 Å². The molecule has 0 saturated carbocycles. The van der Waals surface area contributed by atoms with Crippen LogP contribution in [-0.2, 0) is 4.79 Å². The van der Waals surface area contributed by atoms with E-state index in [-0.39, 0.29) is 18.0 Å². The quantitative estimate of drug-likeness (QED) is 0.754. The monoisotopic (exact) mass is 246 g/mol. The van der Waals surface area contributed by atoms with Crippen molar-refractivity contribution in [2.24, 2.45) is 5.92 Å². The molecule has 1 atom stereocenters. The lowest BCUT2D eigenvalue weighted by Crippen LogP contribution is -2.57. The number of carboxylic acids is 1. The zero-order valence-corrected chi connectivity index (χ0v) is 10.4. The molecule has 2 amide bonds. The number of urea groups is 1. The summed E-state index contributed by atoms with van der Waals surface area (Å²) >= 11 is 1.75. The smallest absolute Gasteiger partial charge is 0.317 e. The summed E-state index contributed by atoms with van der Waals surface area (Å²) in [5.74, 6) is -0.189. The van der Waals surface area contributed by atoms with Gasteiger partial charge in [0, 0.05) is 19.1 Å². The summed E-state index contributed by atoms with van der Waals surface area (Å²) in [6.07, 6.45) is 2.96. The number of likely N-dealkylation sites (tertiary alicyclic amines) is 1. The van der Waals surface area contributed by atoms with Crippen molar-refractivity contribution in [3.05, 3.63) is 0 Å². The van der Waals surface area contributed by atoms with Gasteiger partial charge in [0.25, 0.3) is 0 Å². The second kappa shape index (κ2) is 5.98. The van der Waals surface area contributed by atoms with Gasteiger partial charge in [0.1, 0.15) is 0 Å². The van der Waals surface area contributed by atoms with Gasteiger partial charge in [-0.2, -0.15) is 11.8 Å². The fraction of sp³-hybridized carbons (Fsp3) is 0.800. The van der Waals surface area contributed by atoms with E-state index in [9.17, 15) is 9.59 Å². The maximum absolute atomic E-state index is 11.6. The molecule has 2 N–H and O–H groups in total. The first-order chi connectivity index (χ1) is 7.54. The van der Waals surface area contributed by atoms with Crippen LogP contribution in [-0.4, -0.2) is 53.1 Å². The number of nitrogens with one attached hydrogen (secondary N) is 1. The molecule has 16 heavy (non-hydrogen) atoms. The lowest BCUT2D eigenvalue weighted by molar-refractivity contribution is -0.146. The van der Waals surface area contributed by atoms with Crippen molar-refractivity contribution >= 4 is 23.8 Å². The zero-order valence-electron chi connectivity index (χ0n) is 9.60. The Hall–Kier alpha value is -0.910. The summed E-state index contributed by atoms with van der Waals surface area (Å²) in [4.78, 5) is 23.7. The Morgan fingerprint density at radius 3 is 2.69 bits per heavy atom. The van der Waals surface area contributed by atoms with E-state index in [1.807, 2.05) is 13.2 Å². The molecule has 0 bridgehead atoms. The van der Waals surface area contributed by atoms with Gasteiger partial charge in [-0.3, -0.25) is 4.79 Å². The SMILES string of the molecule is CSCCC(C)NC(=O)N1CC(C(=O)O)C1. The van der Waals surface area contributed by atoms with Crippen molar-refractivity contribution in [3.8, 4) is 0 Å². The van der Waals surface area contributed by atoms with Gasteiger partial charge < -0.3 is 15.3 Å². The molecule has 1 aliphatic heterocycles. The Morgan fingerprint density at radius 1 is 1.56 bits per heavy atom. The minimum absolute atomic E-state index is 0.142. The number of hydrogen-bond donors (Lipinski definition) is 2. The molecule has 0 aromatic carbocycles. The molecule has 0 aliphatic carbocycles. The molecular weight excluding hydrogens is 228 g/mol. The number of carbonyl (C=O) groups excluding carboxylic acids is 1. The van der Waals surface area contributed by atoms with Gasteiger partial charge in [0.05, 0.1) is 5.92 Å². The minimum atomic E-state index is -0.820. The van der Waals surface area contributed by atoms with E-state index in [2.05, 4.69) is 5.32 Å². The predicted octanol–water partition coefficient (Wildman–Crippen LogP) is 0.854. The van der Waals surface area contributed by atoms with Crippen molar-refractivity contribution in [1.82, 2.24) is 10.2 Å². The lowest BCUT2D eigenvalue weighted by atomic mass is 10.0. The first-order valence-electron chi connectivity index (χ1n) is 5.31. The Morgan fingerprint density at radius 2 is 2.19 bits per heavy atom. The van der Waals surface area contributed by atoms with Crippen molar-refractivity contribution < 1.29 is 14.7 Å². The summed E-state index contributed by atoms with van der Waals surface area (Å²) < 4.78 is 0. The lowest BCUT2D eigenvalue weighted by Gasteiger charge is -2.37. The number of carboxylic acid groups (broad SMARTS) is 1. The molecule has 1 unspecified atom stereocenters. The summed E-state index contributed by atoms with van der Waals surface area (Å²) in [6.45, 7) is 2.62. The van der Waals surface area contributed by atoms with E-state index in [0.717, 1.165) is 12.2 Å². The van der Waals surface area contributed by atoms with Crippen LogP contribution in [0.1, 0.15) is 13.3 Å². The van der Waals surface area contributed by atoms with Crippen LogP contribution in [0.25, 0.3) is 0 Å². The van der Waals surface area contributed by atoms with Gasteiger partial charge >= 0.3 is 12.0 Å². The highest BCUT2D eigenvalue weighted by Gasteiger charge is 2.35. The van der Waals surface area contributed by atoms with Gasteiger partial charge in [0.15, 0.2) is 0 Å². The largest absolute Gasteiger partial charge is 0.481 e. The average Bonchev–Trinajstić information content (AvgIpc) is 2.11. The Labute approximate surface area is 99.6 Å². The molecule has 1 saturated heterocycles. The Kier molecular flexibility index (Phi) is 4.92. The molecule has 5 nitrogen and oxygen atoms in total. The molecule has 1 aliphatic rings. The van der Waals surface area contributed by atoms with E-state index in [0.29, 0.717) is 13.1 Å². The van der Waals surface area contributed by atoms with Gasteiger partial charge in [-0.05, 0) is 25.4 Å². The molecule has 0 spiro atoms. The third kappa shape index (κ3) is 3.59. The third-order valence-electron chi connectivity index (χ3n) is 2.64. The van der Waals surface area contributed by atoms with E-state index >= 15 is 0 Å². The number of hydrogen-bond acceptors (Lipinski definition) is 3. The maximum atomic E-state index is 11.6. The van der Waals surface area contributed by atoms with Crippen molar-refractivity contribution in [2.75, 3.05) is 25.1 Å². The minimum Gasteiger partial charge on any atom is -0.481 e. The number of nitrogens with zero attached hydrogens (tertiary/aromatic N) is 1. The van der Waals surface area contributed by atoms with Crippen molar-refractivity contribution in [1.29, 1.82) is 0 Å². The van der Waals surface area contributed by atoms with Crippen molar-refractivity contribution in [3.63, 3.8) is 0 Å². The number of thioether (sulfide) groups is 1. The highest BCUT2D eigenvalue weighted by molar-refractivity contribution is 7.98. The summed E-state index contributed by atoms with van der Waals surface area (Å²) in [5, 5.41) is 11.5. The molecule has 1 fully saturated rings. The van der Waals surface area contributed by atoms with E-state index in [1.54, 1.807) is 11.8 Å². The second-order valence-electron chi connectivity index (χ2n) is 4.07. The molecular formula is C10H18N2O3S. The summed E-state index contributed by atoms with van der Waals surface area (Å²) in [6, 6.07) is -0.00469. The number of aliphatic carboxylic acids is 1. The highest BCUT2D eigenvalue weighted by Crippen LogP contribution is 2.15.